The molecule has 5 heteroatoms. The number of halogens is 1. The van der Waals surface area contributed by atoms with E-state index in [0.29, 0.717) is 18.1 Å². The topological polar surface area (TPSA) is 72.6 Å². The monoisotopic (exact) mass is 283 g/mol. The van der Waals surface area contributed by atoms with Crippen LogP contribution in [0.3, 0.4) is 0 Å². The fourth-order valence-electron chi connectivity index (χ4n) is 2.50. The first-order valence-corrected chi connectivity index (χ1v) is 6.80. The van der Waals surface area contributed by atoms with E-state index in [1.807, 2.05) is 13.0 Å². The molecular weight excluding hydrogens is 266 g/mol. The normalized spacial score (nSPS) is 15.5. The Kier molecular flexibility index (Phi) is 4.32. The van der Waals surface area contributed by atoms with Gasteiger partial charge in [-0.25, -0.2) is 0 Å². The van der Waals surface area contributed by atoms with Crippen molar-refractivity contribution in [3.8, 4) is 5.75 Å². The lowest BCUT2D eigenvalue weighted by atomic mass is 9.91. The lowest BCUT2D eigenvalue weighted by Gasteiger charge is -2.24. The van der Waals surface area contributed by atoms with E-state index >= 15 is 0 Å². The number of ether oxygens (including phenoxy) is 1. The number of carboxylic acid groups (broad SMARTS) is 1. The summed E-state index contributed by atoms with van der Waals surface area (Å²) in [7, 11) is 0. The molecule has 1 aliphatic rings. The first kappa shape index (κ1) is 14.2. The van der Waals surface area contributed by atoms with Crippen molar-refractivity contribution in [3.63, 3.8) is 0 Å². The van der Waals surface area contributed by atoms with E-state index < -0.39 is 5.97 Å². The molecular formula is C14H18ClNO3. The average Bonchev–Trinajstić information content (AvgIpc) is 2.40. The van der Waals surface area contributed by atoms with Crippen LogP contribution in [-0.4, -0.2) is 17.7 Å². The van der Waals surface area contributed by atoms with Crippen molar-refractivity contribution in [2.45, 2.75) is 38.6 Å². The van der Waals surface area contributed by atoms with Crippen molar-refractivity contribution >= 4 is 17.6 Å². The fourth-order valence-corrected chi connectivity index (χ4v) is 2.79. The molecule has 1 unspecified atom stereocenters. The zero-order valence-electron chi connectivity index (χ0n) is 10.9. The van der Waals surface area contributed by atoms with Gasteiger partial charge in [0.25, 0.3) is 0 Å². The molecule has 0 fully saturated rings. The Balaban J connectivity index is 2.31. The molecule has 0 aliphatic carbocycles. The van der Waals surface area contributed by atoms with Crippen LogP contribution in [-0.2, 0) is 11.2 Å². The number of hydrogen-bond acceptors (Lipinski definition) is 3. The van der Waals surface area contributed by atoms with Crippen LogP contribution in [0.5, 0.6) is 5.75 Å². The molecule has 1 aromatic carbocycles. The van der Waals surface area contributed by atoms with Crippen LogP contribution in [0.4, 0.5) is 0 Å². The van der Waals surface area contributed by atoms with Gasteiger partial charge in [0, 0.05) is 12.5 Å². The zero-order valence-corrected chi connectivity index (χ0v) is 11.7. The van der Waals surface area contributed by atoms with Gasteiger partial charge in [-0.3, -0.25) is 4.79 Å². The third-order valence-corrected chi connectivity index (χ3v) is 3.83. The van der Waals surface area contributed by atoms with Gasteiger partial charge >= 0.3 is 5.97 Å². The minimum atomic E-state index is -0.833. The molecule has 0 aromatic heterocycles. The summed E-state index contributed by atoms with van der Waals surface area (Å²) >= 11 is 6.23. The number of carboxylic acids is 1. The van der Waals surface area contributed by atoms with Crippen LogP contribution in [0, 0.1) is 6.92 Å². The molecule has 1 atom stereocenters. The van der Waals surface area contributed by atoms with Crippen molar-refractivity contribution in [2.75, 3.05) is 6.61 Å². The third-order valence-electron chi connectivity index (χ3n) is 3.55. The second-order valence-corrected chi connectivity index (χ2v) is 5.28. The molecule has 1 aliphatic heterocycles. The lowest BCUT2D eigenvalue weighted by molar-refractivity contribution is -0.137. The van der Waals surface area contributed by atoms with Gasteiger partial charge in [-0.2, -0.15) is 0 Å². The minimum absolute atomic E-state index is 0.0613. The summed E-state index contributed by atoms with van der Waals surface area (Å²) in [6.45, 7) is 2.69. The van der Waals surface area contributed by atoms with E-state index in [-0.39, 0.29) is 12.5 Å². The van der Waals surface area contributed by atoms with Crippen LogP contribution in [0.15, 0.2) is 6.07 Å². The van der Waals surface area contributed by atoms with E-state index in [0.717, 1.165) is 35.3 Å². The summed E-state index contributed by atoms with van der Waals surface area (Å²) in [6, 6.07) is 1.51. The number of rotatable bonds is 4. The number of carbonyl (C=O) groups is 1. The Morgan fingerprint density at radius 3 is 3.05 bits per heavy atom. The number of fused-ring (bicyclic) bond motifs is 1. The van der Waals surface area contributed by atoms with E-state index in [1.54, 1.807) is 0 Å². The maximum atomic E-state index is 10.6. The zero-order chi connectivity index (χ0) is 14.0. The maximum Gasteiger partial charge on any atom is 0.303 e. The van der Waals surface area contributed by atoms with Crippen molar-refractivity contribution < 1.29 is 14.6 Å². The summed E-state index contributed by atoms with van der Waals surface area (Å²) in [6.07, 6.45) is 2.37. The number of benzene rings is 1. The van der Waals surface area contributed by atoms with Gasteiger partial charge in [-0.1, -0.05) is 11.6 Å². The van der Waals surface area contributed by atoms with Gasteiger partial charge in [0.15, 0.2) is 0 Å². The summed E-state index contributed by atoms with van der Waals surface area (Å²) in [5.41, 5.74) is 9.20. The molecule has 1 aromatic rings. The summed E-state index contributed by atoms with van der Waals surface area (Å²) in [5, 5.41) is 9.29. The molecule has 0 saturated carbocycles. The molecule has 1 heterocycles. The number of hydrogen-bond donors (Lipinski definition) is 2. The van der Waals surface area contributed by atoms with Crippen LogP contribution >= 0.6 is 11.6 Å². The summed E-state index contributed by atoms with van der Waals surface area (Å²) in [5.74, 6) is -0.0694. The lowest BCUT2D eigenvalue weighted by Crippen LogP contribution is -2.17. The number of aliphatic carboxylic acids is 1. The van der Waals surface area contributed by atoms with Crippen LogP contribution in [0.1, 0.15) is 42.0 Å². The van der Waals surface area contributed by atoms with Crippen molar-refractivity contribution in [3.05, 3.63) is 27.8 Å². The largest absolute Gasteiger partial charge is 0.492 e. The van der Waals surface area contributed by atoms with Crippen LogP contribution in [0.2, 0.25) is 5.02 Å². The van der Waals surface area contributed by atoms with Gasteiger partial charge in [-0.05, 0) is 48.9 Å². The molecule has 4 nitrogen and oxygen atoms in total. The van der Waals surface area contributed by atoms with E-state index in [1.165, 1.54) is 0 Å². The molecule has 0 amide bonds. The number of nitrogens with two attached hydrogens (primary N) is 1. The Bertz CT molecular complexity index is 502. The van der Waals surface area contributed by atoms with Gasteiger partial charge in [0.1, 0.15) is 5.75 Å². The highest BCUT2D eigenvalue weighted by atomic mass is 35.5. The fraction of sp³-hybridized carbons (Fsp3) is 0.500. The molecule has 2 rings (SSSR count). The Labute approximate surface area is 117 Å². The molecule has 0 radical (unpaired) electrons. The second kappa shape index (κ2) is 5.80. The van der Waals surface area contributed by atoms with Gasteiger partial charge in [0.2, 0.25) is 0 Å². The highest BCUT2D eigenvalue weighted by Crippen LogP contribution is 2.38. The molecule has 3 N–H and O–H groups in total. The van der Waals surface area contributed by atoms with Gasteiger partial charge in [0.05, 0.1) is 11.6 Å². The highest BCUT2D eigenvalue weighted by Gasteiger charge is 2.21. The molecule has 0 saturated heterocycles. The van der Waals surface area contributed by atoms with E-state index in [9.17, 15) is 4.79 Å². The van der Waals surface area contributed by atoms with Gasteiger partial charge in [-0.15, -0.1) is 0 Å². The highest BCUT2D eigenvalue weighted by molar-refractivity contribution is 6.32. The third kappa shape index (κ3) is 3.01. The quantitative estimate of drug-likeness (QED) is 0.891. The Hall–Kier alpha value is -1.26. The van der Waals surface area contributed by atoms with Gasteiger partial charge < -0.3 is 15.6 Å². The summed E-state index contributed by atoms with van der Waals surface area (Å²) in [4.78, 5) is 10.6. The molecule has 19 heavy (non-hydrogen) atoms. The average molecular weight is 284 g/mol. The van der Waals surface area contributed by atoms with Crippen molar-refractivity contribution in [1.29, 1.82) is 0 Å². The predicted octanol–water partition coefficient (Wildman–Crippen LogP) is 2.84. The summed E-state index contributed by atoms with van der Waals surface area (Å²) < 4.78 is 5.60. The SMILES string of the molecule is Cc1c(C(N)CCC(=O)O)cc(Cl)c2c1CCCO2. The molecule has 0 spiro atoms. The maximum absolute atomic E-state index is 10.6. The Morgan fingerprint density at radius 2 is 2.37 bits per heavy atom. The van der Waals surface area contributed by atoms with E-state index in [2.05, 4.69) is 0 Å². The molecule has 104 valence electrons. The molecule has 0 bridgehead atoms. The van der Waals surface area contributed by atoms with Crippen LogP contribution in [0.25, 0.3) is 0 Å². The van der Waals surface area contributed by atoms with Crippen molar-refractivity contribution in [2.24, 2.45) is 5.73 Å². The smallest absolute Gasteiger partial charge is 0.303 e. The second-order valence-electron chi connectivity index (χ2n) is 4.87. The first-order chi connectivity index (χ1) is 9.00. The predicted molar refractivity (Wildman–Crippen MR) is 73.8 cm³/mol. The Morgan fingerprint density at radius 1 is 1.63 bits per heavy atom. The van der Waals surface area contributed by atoms with E-state index in [4.69, 9.17) is 27.2 Å². The first-order valence-electron chi connectivity index (χ1n) is 6.42. The van der Waals surface area contributed by atoms with Crippen LogP contribution < -0.4 is 10.5 Å². The standard InChI is InChI=1S/C14H18ClNO3/c1-8-9-3-2-6-19-14(9)11(15)7-10(8)12(16)4-5-13(17)18/h7,12H,2-6,16H2,1H3,(H,17,18). The van der Waals surface area contributed by atoms with Crippen molar-refractivity contribution in [1.82, 2.24) is 0 Å². The minimum Gasteiger partial charge on any atom is -0.492 e.